The zero-order valence-electron chi connectivity index (χ0n) is 19.0. The van der Waals surface area contributed by atoms with Crippen molar-refractivity contribution in [3.8, 4) is 0 Å². The zero-order valence-corrected chi connectivity index (χ0v) is 21.4. The molecule has 0 atom stereocenters. The van der Waals surface area contributed by atoms with Crippen LogP contribution in [0.15, 0.2) is 67.3 Å². The van der Waals surface area contributed by atoms with Gasteiger partial charge in [-0.05, 0) is 0 Å². The molecule has 0 radical (unpaired) electrons. The number of benzene rings is 2. The van der Waals surface area contributed by atoms with Gasteiger partial charge in [-0.3, -0.25) is 4.79 Å². The molecule has 0 aromatic heterocycles. The fourth-order valence-corrected chi connectivity index (χ4v) is 2.54. The normalized spacial score (nSPS) is 10.0. The Morgan fingerprint density at radius 2 is 1.45 bits per heavy atom. The number of esters is 1. The molecular formula is C24H34BrClN2O3. The number of carbonyl (C=O) groups is 2. The molecule has 0 saturated heterocycles. The summed E-state index contributed by atoms with van der Waals surface area (Å²) >= 11 is 0. The number of likely N-dealkylation sites (N-methyl/N-ethyl adjacent to an activating group) is 1. The van der Waals surface area contributed by atoms with Gasteiger partial charge in [-0.1, -0.05) is 61.2 Å². The quantitative estimate of drug-likeness (QED) is 0.169. The van der Waals surface area contributed by atoms with E-state index >= 15 is 0 Å². The van der Waals surface area contributed by atoms with Gasteiger partial charge in [-0.15, -0.1) is 0 Å². The molecule has 2 aromatic carbocycles. The minimum Gasteiger partial charge on any atom is -1.00 e. The number of hydrogen-bond donors (Lipinski definition) is 1. The molecule has 0 fully saturated rings. The SMILES string of the molecule is C=CC(=O)OCC[N+](C)(C)Cc1ccc(C(=O)c2ccccc2)cc1.C[NH+](C)C.[Br-].[Cl-]. The summed E-state index contributed by atoms with van der Waals surface area (Å²) in [6, 6.07) is 16.9. The third-order valence-electron chi connectivity index (χ3n) is 3.97. The van der Waals surface area contributed by atoms with E-state index in [1.54, 1.807) is 0 Å². The molecule has 0 aliphatic heterocycles. The summed E-state index contributed by atoms with van der Waals surface area (Å²) in [5.41, 5.74) is 2.50. The molecule has 2 rings (SSSR count). The van der Waals surface area contributed by atoms with Crippen LogP contribution in [0.5, 0.6) is 0 Å². The van der Waals surface area contributed by atoms with Gasteiger partial charge in [0.2, 0.25) is 0 Å². The number of halogens is 2. The van der Waals surface area contributed by atoms with Crippen LogP contribution in [0.25, 0.3) is 0 Å². The highest BCUT2D eigenvalue weighted by molar-refractivity contribution is 6.08. The number of hydrogen-bond acceptors (Lipinski definition) is 3. The Morgan fingerprint density at radius 1 is 0.968 bits per heavy atom. The summed E-state index contributed by atoms with van der Waals surface area (Å²) in [7, 11) is 10.4. The lowest BCUT2D eigenvalue weighted by Crippen LogP contribution is -3.02. The average molecular weight is 514 g/mol. The number of quaternary nitrogens is 2. The van der Waals surface area contributed by atoms with Gasteiger partial charge >= 0.3 is 5.97 Å². The average Bonchev–Trinajstić information content (AvgIpc) is 2.67. The molecule has 0 bridgehead atoms. The molecule has 0 saturated carbocycles. The predicted octanol–water partition coefficient (Wildman–Crippen LogP) is -4.01. The second-order valence-electron chi connectivity index (χ2n) is 8.08. The summed E-state index contributed by atoms with van der Waals surface area (Å²) in [6.07, 6.45) is 1.17. The van der Waals surface area contributed by atoms with Gasteiger partial charge in [-0.2, -0.15) is 0 Å². The topological polar surface area (TPSA) is 47.8 Å². The lowest BCUT2D eigenvalue weighted by atomic mass is 10.0. The van der Waals surface area contributed by atoms with Crippen molar-refractivity contribution in [2.75, 3.05) is 48.4 Å². The number of ketones is 1. The van der Waals surface area contributed by atoms with Crippen LogP contribution >= 0.6 is 0 Å². The monoisotopic (exact) mass is 512 g/mol. The van der Waals surface area contributed by atoms with Crippen molar-refractivity contribution in [3.63, 3.8) is 0 Å². The van der Waals surface area contributed by atoms with Crippen LogP contribution in [0.1, 0.15) is 21.5 Å². The third-order valence-corrected chi connectivity index (χ3v) is 3.97. The zero-order chi connectivity index (χ0) is 21.9. The Kier molecular flexibility index (Phi) is 15.9. The van der Waals surface area contributed by atoms with Crippen LogP contribution in [0, 0.1) is 0 Å². The predicted molar refractivity (Wildman–Crippen MR) is 117 cm³/mol. The molecular weight excluding hydrogens is 480 g/mol. The third kappa shape index (κ3) is 13.1. The van der Waals surface area contributed by atoms with E-state index < -0.39 is 5.97 Å². The highest BCUT2D eigenvalue weighted by Gasteiger charge is 2.17. The van der Waals surface area contributed by atoms with E-state index in [9.17, 15) is 9.59 Å². The van der Waals surface area contributed by atoms with E-state index in [0.29, 0.717) is 28.8 Å². The molecule has 5 nitrogen and oxygen atoms in total. The highest BCUT2D eigenvalue weighted by Crippen LogP contribution is 2.14. The Hall–Kier alpha value is -1.99. The van der Waals surface area contributed by atoms with Gasteiger partial charge < -0.3 is 43.5 Å². The van der Waals surface area contributed by atoms with E-state index in [2.05, 4.69) is 41.8 Å². The minimum absolute atomic E-state index is 0. The molecule has 0 heterocycles. The van der Waals surface area contributed by atoms with Crippen LogP contribution in [-0.4, -0.2) is 64.6 Å². The maximum Gasteiger partial charge on any atom is 0.330 e. The van der Waals surface area contributed by atoms with Crippen LogP contribution in [0.4, 0.5) is 0 Å². The number of carbonyl (C=O) groups excluding carboxylic acids is 2. The van der Waals surface area contributed by atoms with Gasteiger partial charge in [0.25, 0.3) is 0 Å². The van der Waals surface area contributed by atoms with Crippen molar-refractivity contribution in [1.29, 1.82) is 0 Å². The fourth-order valence-electron chi connectivity index (χ4n) is 2.54. The van der Waals surface area contributed by atoms with Crippen molar-refractivity contribution in [2.45, 2.75) is 6.54 Å². The van der Waals surface area contributed by atoms with Crippen molar-refractivity contribution in [1.82, 2.24) is 0 Å². The first-order valence-corrected chi connectivity index (χ1v) is 9.71. The minimum atomic E-state index is -0.399. The van der Waals surface area contributed by atoms with E-state index in [1.807, 2.05) is 54.6 Å². The molecule has 1 N–H and O–H groups in total. The Bertz CT molecular complexity index is 791. The molecule has 0 spiro atoms. The van der Waals surface area contributed by atoms with E-state index in [4.69, 9.17) is 4.74 Å². The number of nitrogens with zero attached hydrogens (tertiary/aromatic N) is 1. The Balaban J connectivity index is 0. The van der Waals surface area contributed by atoms with Gasteiger partial charge in [0, 0.05) is 22.8 Å². The molecule has 0 aliphatic rings. The van der Waals surface area contributed by atoms with Crippen LogP contribution in [-0.2, 0) is 16.1 Å². The van der Waals surface area contributed by atoms with Gasteiger partial charge in [-0.25, -0.2) is 4.79 Å². The van der Waals surface area contributed by atoms with Gasteiger partial charge in [0.1, 0.15) is 19.7 Å². The first-order chi connectivity index (χ1) is 13.6. The summed E-state index contributed by atoms with van der Waals surface area (Å²) in [6.45, 7) is 5.21. The summed E-state index contributed by atoms with van der Waals surface area (Å²) in [5.74, 6) is -0.374. The maximum atomic E-state index is 12.4. The summed E-state index contributed by atoms with van der Waals surface area (Å²) < 4.78 is 5.72. The number of nitrogens with one attached hydrogen (secondary N) is 1. The van der Waals surface area contributed by atoms with Crippen LogP contribution < -0.4 is 34.3 Å². The number of ether oxygens (including phenoxy) is 1. The van der Waals surface area contributed by atoms with Gasteiger partial charge in [0.05, 0.1) is 35.2 Å². The molecule has 0 amide bonds. The van der Waals surface area contributed by atoms with Crippen molar-refractivity contribution in [2.24, 2.45) is 0 Å². The lowest BCUT2D eigenvalue weighted by molar-refractivity contribution is -0.903. The summed E-state index contributed by atoms with van der Waals surface area (Å²) in [5, 5.41) is 0. The number of rotatable bonds is 8. The highest BCUT2D eigenvalue weighted by atomic mass is 79.9. The van der Waals surface area contributed by atoms with Crippen molar-refractivity contribution >= 4 is 11.8 Å². The Labute approximate surface area is 203 Å². The van der Waals surface area contributed by atoms with Gasteiger partial charge in [0.15, 0.2) is 5.78 Å². The first kappa shape index (κ1) is 31.2. The van der Waals surface area contributed by atoms with E-state index in [0.717, 1.165) is 12.1 Å². The molecule has 0 aliphatic carbocycles. The second kappa shape index (κ2) is 15.8. The molecule has 172 valence electrons. The van der Waals surface area contributed by atoms with Crippen molar-refractivity contribution < 1.29 is 53.1 Å². The molecule has 31 heavy (non-hydrogen) atoms. The molecule has 7 heteroatoms. The lowest BCUT2D eigenvalue weighted by Gasteiger charge is -2.29. The molecule has 0 unspecified atom stereocenters. The standard InChI is InChI=1S/C21H24NO3.C3H9N.BrH.ClH/c1-4-20(23)25-15-14-22(2,3)16-17-10-12-19(13-11-17)21(24)18-8-6-5-7-9-18;1-4(2)3;;/h4-13H,1,14-16H2,2-3H3;1-3H3;2*1H/q+1;;;/p-1. The van der Waals surface area contributed by atoms with E-state index in [1.165, 1.54) is 11.0 Å². The molecule has 2 aromatic rings. The first-order valence-electron chi connectivity index (χ1n) is 9.71. The van der Waals surface area contributed by atoms with Crippen molar-refractivity contribution in [3.05, 3.63) is 83.9 Å². The van der Waals surface area contributed by atoms with Crippen LogP contribution in [0.2, 0.25) is 0 Å². The maximum absolute atomic E-state index is 12.4. The summed E-state index contributed by atoms with van der Waals surface area (Å²) in [4.78, 5) is 24.9. The van der Waals surface area contributed by atoms with Crippen LogP contribution in [0.3, 0.4) is 0 Å². The second-order valence-corrected chi connectivity index (χ2v) is 8.08. The fraction of sp³-hybridized carbons (Fsp3) is 0.333. The largest absolute Gasteiger partial charge is 1.00 e. The smallest absolute Gasteiger partial charge is 0.330 e. The van der Waals surface area contributed by atoms with E-state index in [-0.39, 0.29) is 35.2 Å². The Morgan fingerprint density at radius 3 is 1.94 bits per heavy atom.